The zero-order chi connectivity index (χ0) is 13.8. The maximum absolute atomic E-state index is 9.25. The van der Waals surface area contributed by atoms with Crippen LogP contribution in [0.15, 0.2) is 28.8 Å². The molecule has 1 fully saturated rings. The molecule has 1 aromatic carbocycles. The standard InChI is InChI=1S/C14H18N4O2/c19-12-3-1-11(2-4-12)9-13-16-14(20-17-13)10-18-7-5-15-6-8-18/h1-4,15,19H,5-10H2. The van der Waals surface area contributed by atoms with Crippen LogP contribution < -0.4 is 5.32 Å². The minimum absolute atomic E-state index is 0.265. The summed E-state index contributed by atoms with van der Waals surface area (Å²) in [5, 5.41) is 16.6. The van der Waals surface area contributed by atoms with Gasteiger partial charge >= 0.3 is 0 Å². The molecular weight excluding hydrogens is 256 g/mol. The van der Waals surface area contributed by atoms with Crippen LogP contribution in [0.3, 0.4) is 0 Å². The molecule has 106 valence electrons. The predicted molar refractivity (Wildman–Crippen MR) is 73.4 cm³/mol. The summed E-state index contributed by atoms with van der Waals surface area (Å²) in [7, 11) is 0. The third-order valence-corrected chi connectivity index (χ3v) is 3.38. The molecule has 20 heavy (non-hydrogen) atoms. The van der Waals surface area contributed by atoms with E-state index in [2.05, 4.69) is 20.4 Å². The molecule has 6 heteroatoms. The molecule has 0 spiro atoms. The van der Waals surface area contributed by atoms with E-state index in [0.717, 1.165) is 31.7 Å². The fourth-order valence-corrected chi connectivity index (χ4v) is 2.28. The highest BCUT2D eigenvalue weighted by Crippen LogP contribution is 2.13. The molecule has 0 bridgehead atoms. The molecule has 0 aliphatic carbocycles. The number of hydrogen-bond donors (Lipinski definition) is 2. The lowest BCUT2D eigenvalue weighted by molar-refractivity contribution is 0.203. The van der Waals surface area contributed by atoms with E-state index in [4.69, 9.17) is 4.52 Å². The molecule has 2 aromatic rings. The molecule has 1 saturated heterocycles. The Labute approximate surface area is 117 Å². The first-order valence-corrected chi connectivity index (χ1v) is 6.82. The van der Waals surface area contributed by atoms with Gasteiger partial charge in [-0.15, -0.1) is 0 Å². The molecule has 1 aliphatic rings. The van der Waals surface area contributed by atoms with Gasteiger partial charge in [0.1, 0.15) is 5.75 Å². The van der Waals surface area contributed by atoms with E-state index in [-0.39, 0.29) is 5.75 Å². The van der Waals surface area contributed by atoms with Crippen molar-refractivity contribution in [2.75, 3.05) is 26.2 Å². The molecule has 2 N–H and O–H groups in total. The summed E-state index contributed by atoms with van der Waals surface area (Å²) in [6.07, 6.45) is 0.616. The molecule has 3 rings (SSSR count). The number of nitrogens with one attached hydrogen (secondary N) is 1. The summed E-state index contributed by atoms with van der Waals surface area (Å²) in [6.45, 7) is 4.75. The number of rotatable bonds is 4. The fourth-order valence-electron chi connectivity index (χ4n) is 2.28. The van der Waals surface area contributed by atoms with Crippen molar-refractivity contribution in [3.05, 3.63) is 41.5 Å². The van der Waals surface area contributed by atoms with Gasteiger partial charge in [-0.3, -0.25) is 4.90 Å². The Bertz CT molecular complexity index is 547. The number of piperazine rings is 1. The normalized spacial score (nSPS) is 16.4. The summed E-state index contributed by atoms with van der Waals surface area (Å²) < 4.78 is 5.29. The fraction of sp³-hybridized carbons (Fsp3) is 0.429. The molecule has 2 heterocycles. The lowest BCUT2D eigenvalue weighted by atomic mass is 10.1. The first-order chi connectivity index (χ1) is 9.79. The number of nitrogens with zero attached hydrogens (tertiary/aromatic N) is 3. The second-order valence-corrected chi connectivity index (χ2v) is 4.97. The second kappa shape index (κ2) is 6.02. The third-order valence-electron chi connectivity index (χ3n) is 3.38. The van der Waals surface area contributed by atoms with Crippen molar-refractivity contribution in [3.8, 4) is 5.75 Å². The quantitative estimate of drug-likeness (QED) is 0.858. The van der Waals surface area contributed by atoms with Gasteiger partial charge in [0.25, 0.3) is 0 Å². The Kier molecular flexibility index (Phi) is 3.94. The van der Waals surface area contributed by atoms with E-state index >= 15 is 0 Å². The van der Waals surface area contributed by atoms with Crippen LogP contribution >= 0.6 is 0 Å². The van der Waals surface area contributed by atoms with Crippen LogP contribution in [0.25, 0.3) is 0 Å². The van der Waals surface area contributed by atoms with E-state index in [1.54, 1.807) is 12.1 Å². The van der Waals surface area contributed by atoms with Crippen molar-refractivity contribution < 1.29 is 9.63 Å². The van der Waals surface area contributed by atoms with E-state index in [1.807, 2.05) is 12.1 Å². The molecular formula is C14H18N4O2. The SMILES string of the molecule is Oc1ccc(Cc2noc(CN3CCNCC3)n2)cc1. The van der Waals surface area contributed by atoms with E-state index < -0.39 is 0 Å². The van der Waals surface area contributed by atoms with E-state index in [9.17, 15) is 5.11 Å². The number of aromatic nitrogens is 2. The minimum atomic E-state index is 0.265. The zero-order valence-corrected chi connectivity index (χ0v) is 11.2. The van der Waals surface area contributed by atoms with Crippen LogP contribution in [0.4, 0.5) is 0 Å². The van der Waals surface area contributed by atoms with Crippen molar-refractivity contribution in [1.82, 2.24) is 20.4 Å². The number of benzene rings is 1. The van der Waals surface area contributed by atoms with Gasteiger partial charge < -0.3 is 14.9 Å². The Morgan fingerprint density at radius 2 is 1.95 bits per heavy atom. The Hall–Kier alpha value is -1.92. The van der Waals surface area contributed by atoms with Crippen molar-refractivity contribution in [2.24, 2.45) is 0 Å². The lowest BCUT2D eigenvalue weighted by Crippen LogP contribution is -2.42. The molecule has 1 aromatic heterocycles. The average molecular weight is 274 g/mol. The van der Waals surface area contributed by atoms with Crippen molar-refractivity contribution >= 4 is 0 Å². The number of aromatic hydroxyl groups is 1. The Balaban J connectivity index is 1.60. The van der Waals surface area contributed by atoms with Gasteiger partial charge in [-0.25, -0.2) is 0 Å². The number of phenols is 1. The first kappa shape index (κ1) is 13.1. The van der Waals surface area contributed by atoms with Crippen LogP contribution in [-0.2, 0) is 13.0 Å². The molecule has 0 unspecified atom stereocenters. The highest BCUT2D eigenvalue weighted by Gasteiger charge is 2.14. The summed E-state index contributed by atoms with van der Waals surface area (Å²) in [4.78, 5) is 6.72. The largest absolute Gasteiger partial charge is 0.508 e. The third kappa shape index (κ3) is 3.34. The van der Waals surface area contributed by atoms with Crippen LogP contribution in [0.1, 0.15) is 17.3 Å². The van der Waals surface area contributed by atoms with Gasteiger partial charge in [0.05, 0.1) is 6.54 Å². The second-order valence-electron chi connectivity index (χ2n) is 4.97. The minimum Gasteiger partial charge on any atom is -0.508 e. The Morgan fingerprint density at radius 1 is 1.20 bits per heavy atom. The van der Waals surface area contributed by atoms with Crippen LogP contribution in [0, 0.1) is 0 Å². The van der Waals surface area contributed by atoms with Crippen LogP contribution in [0.5, 0.6) is 5.75 Å². The molecule has 0 amide bonds. The summed E-state index contributed by atoms with van der Waals surface area (Å²) >= 11 is 0. The topological polar surface area (TPSA) is 74.4 Å². The summed E-state index contributed by atoms with van der Waals surface area (Å²) in [5.41, 5.74) is 1.05. The summed E-state index contributed by atoms with van der Waals surface area (Å²) in [5.74, 6) is 1.61. The summed E-state index contributed by atoms with van der Waals surface area (Å²) in [6, 6.07) is 7.05. The number of hydrogen-bond acceptors (Lipinski definition) is 6. The van der Waals surface area contributed by atoms with Crippen molar-refractivity contribution in [2.45, 2.75) is 13.0 Å². The van der Waals surface area contributed by atoms with Crippen LogP contribution in [0.2, 0.25) is 0 Å². The van der Waals surface area contributed by atoms with Gasteiger partial charge in [0, 0.05) is 32.6 Å². The molecule has 1 aliphatic heterocycles. The molecule has 0 saturated carbocycles. The lowest BCUT2D eigenvalue weighted by Gasteiger charge is -2.25. The van der Waals surface area contributed by atoms with Crippen LogP contribution in [-0.4, -0.2) is 46.3 Å². The number of phenolic OH excluding ortho intramolecular Hbond substituents is 1. The van der Waals surface area contributed by atoms with Crippen molar-refractivity contribution in [1.29, 1.82) is 0 Å². The highest BCUT2D eigenvalue weighted by atomic mass is 16.5. The monoisotopic (exact) mass is 274 g/mol. The average Bonchev–Trinajstić information content (AvgIpc) is 2.90. The van der Waals surface area contributed by atoms with E-state index in [1.165, 1.54) is 0 Å². The molecule has 6 nitrogen and oxygen atoms in total. The Morgan fingerprint density at radius 3 is 2.70 bits per heavy atom. The molecule has 0 atom stereocenters. The van der Waals surface area contributed by atoms with Gasteiger partial charge in [-0.1, -0.05) is 17.3 Å². The van der Waals surface area contributed by atoms with Crippen molar-refractivity contribution in [3.63, 3.8) is 0 Å². The predicted octanol–water partition coefficient (Wildman–Crippen LogP) is 0.771. The zero-order valence-electron chi connectivity index (χ0n) is 11.2. The first-order valence-electron chi connectivity index (χ1n) is 6.82. The maximum atomic E-state index is 9.25. The van der Waals surface area contributed by atoms with Gasteiger partial charge in [-0.05, 0) is 17.7 Å². The smallest absolute Gasteiger partial charge is 0.240 e. The van der Waals surface area contributed by atoms with Gasteiger partial charge in [-0.2, -0.15) is 4.98 Å². The maximum Gasteiger partial charge on any atom is 0.240 e. The van der Waals surface area contributed by atoms with E-state index in [0.29, 0.717) is 24.7 Å². The van der Waals surface area contributed by atoms with Gasteiger partial charge in [0.15, 0.2) is 5.82 Å². The highest BCUT2D eigenvalue weighted by molar-refractivity contribution is 5.27. The molecule has 0 radical (unpaired) electrons. The van der Waals surface area contributed by atoms with Gasteiger partial charge in [0.2, 0.25) is 5.89 Å².